The summed E-state index contributed by atoms with van der Waals surface area (Å²) >= 11 is 0. The number of allylic oxidation sites excluding steroid dienone is 1. The molecule has 2 bridgehead atoms. The molecule has 5 unspecified atom stereocenters. The van der Waals surface area contributed by atoms with Gasteiger partial charge in [-0.2, -0.15) is 0 Å². The van der Waals surface area contributed by atoms with E-state index in [2.05, 4.69) is 17.1 Å². The molecule has 1 heterocycles. The summed E-state index contributed by atoms with van der Waals surface area (Å²) in [4.78, 5) is 2.43. The molecule has 0 radical (unpaired) electrons. The number of likely N-dealkylation sites (tertiary alicyclic amines) is 1. The fraction of sp³-hybridized carbons (Fsp3) is 0.619. The highest BCUT2D eigenvalue weighted by Crippen LogP contribution is 2.52. The van der Waals surface area contributed by atoms with Gasteiger partial charge in [-0.3, -0.25) is 0 Å². The number of nitrogens with zero attached hydrogens (tertiary/aromatic N) is 1. The molecule has 5 atom stereocenters. The summed E-state index contributed by atoms with van der Waals surface area (Å²) in [7, 11) is 0. The van der Waals surface area contributed by atoms with Gasteiger partial charge in [0.05, 0.1) is 11.7 Å². The molecule has 4 nitrogen and oxygen atoms in total. The lowest BCUT2D eigenvalue weighted by atomic mass is 9.71. The molecule has 136 valence electrons. The van der Waals surface area contributed by atoms with Crippen LogP contribution < -0.4 is 0 Å². The fourth-order valence-corrected chi connectivity index (χ4v) is 5.20. The maximum Gasteiger partial charge on any atom is 0.115 e. The van der Waals surface area contributed by atoms with E-state index < -0.39 is 11.7 Å². The van der Waals surface area contributed by atoms with Gasteiger partial charge in [-0.05, 0) is 62.4 Å². The van der Waals surface area contributed by atoms with Crippen LogP contribution >= 0.6 is 0 Å². The average Bonchev–Trinajstić information content (AvgIpc) is 3.22. The maximum atomic E-state index is 11.8. The Morgan fingerprint density at radius 2 is 1.68 bits per heavy atom. The molecule has 3 aliphatic rings. The number of hydrogen-bond donors (Lipinski definition) is 3. The van der Waals surface area contributed by atoms with Crippen LogP contribution in [0, 0.1) is 17.8 Å². The van der Waals surface area contributed by atoms with Crippen LogP contribution in [0.5, 0.6) is 5.75 Å². The molecule has 1 saturated carbocycles. The molecule has 0 amide bonds. The molecule has 1 aromatic rings. The van der Waals surface area contributed by atoms with E-state index in [0.717, 1.165) is 31.6 Å². The van der Waals surface area contributed by atoms with E-state index in [1.54, 1.807) is 12.1 Å². The molecule has 1 aromatic carbocycles. The van der Waals surface area contributed by atoms with Gasteiger partial charge in [-0.25, -0.2) is 0 Å². The Kier molecular flexibility index (Phi) is 4.61. The van der Waals surface area contributed by atoms with E-state index in [9.17, 15) is 15.3 Å². The third-order valence-electron chi connectivity index (χ3n) is 6.59. The number of phenols is 1. The molecule has 4 heteroatoms. The summed E-state index contributed by atoms with van der Waals surface area (Å²) in [6.45, 7) is 3.05. The van der Waals surface area contributed by atoms with Gasteiger partial charge in [0, 0.05) is 18.4 Å². The predicted molar refractivity (Wildman–Crippen MR) is 97.1 cm³/mol. The topological polar surface area (TPSA) is 63.9 Å². The number of aromatic hydroxyl groups is 1. The van der Waals surface area contributed by atoms with E-state index in [1.165, 1.54) is 19.3 Å². The normalized spacial score (nSPS) is 34.3. The van der Waals surface area contributed by atoms with Gasteiger partial charge in [-0.1, -0.05) is 30.7 Å². The maximum absolute atomic E-state index is 11.8. The van der Waals surface area contributed by atoms with Crippen molar-refractivity contribution in [2.45, 2.75) is 43.8 Å². The number of benzene rings is 1. The third-order valence-corrected chi connectivity index (χ3v) is 6.59. The van der Waals surface area contributed by atoms with E-state index in [1.807, 2.05) is 12.1 Å². The van der Waals surface area contributed by atoms with Gasteiger partial charge >= 0.3 is 0 Å². The first-order chi connectivity index (χ1) is 12.1. The van der Waals surface area contributed by atoms with Crippen molar-refractivity contribution in [3.8, 4) is 5.75 Å². The van der Waals surface area contributed by atoms with Crippen LogP contribution in [0.3, 0.4) is 0 Å². The van der Waals surface area contributed by atoms with Crippen LogP contribution in [0.4, 0.5) is 0 Å². The van der Waals surface area contributed by atoms with Crippen molar-refractivity contribution >= 4 is 0 Å². The van der Waals surface area contributed by atoms with Crippen molar-refractivity contribution in [1.82, 2.24) is 4.90 Å². The van der Waals surface area contributed by atoms with Crippen molar-refractivity contribution in [3.05, 3.63) is 42.0 Å². The minimum atomic E-state index is -1.06. The summed E-state index contributed by atoms with van der Waals surface area (Å²) in [5, 5.41) is 32.2. The quantitative estimate of drug-likeness (QED) is 0.719. The summed E-state index contributed by atoms with van der Waals surface area (Å²) in [5.74, 6) is 0.445. The zero-order chi connectivity index (χ0) is 17.4. The zero-order valence-corrected chi connectivity index (χ0v) is 14.7. The average molecular weight is 343 g/mol. The molecule has 3 N–H and O–H groups in total. The summed E-state index contributed by atoms with van der Waals surface area (Å²) in [6, 6.07) is 6.90. The van der Waals surface area contributed by atoms with Crippen LogP contribution in [0.25, 0.3) is 0 Å². The fourth-order valence-electron chi connectivity index (χ4n) is 5.20. The standard InChI is InChI=1S/C21H29NO3/c23-18-8-6-17(7-9-18)21(25,10-13-22-11-2-1-3-12-22)19-15-4-5-16(14-15)20(19)24/h4-9,15-16,19-20,23-25H,1-3,10-14H2. The van der Waals surface area contributed by atoms with Crippen molar-refractivity contribution in [3.63, 3.8) is 0 Å². The highest BCUT2D eigenvalue weighted by Gasteiger charge is 2.54. The van der Waals surface area contributed by atoms with Gasteiger partial charge in [0.1, 0.15) is 5.75 Å². The first-order valence-electron chi connectivity index (χ1n) is 9.68. The molecule has 1 aliphatic heterocycles. The van der Waals surface area contributed by atoms with Crippen molar-refractivity contribution in [1.29, 1.82) is 0 Å². The molecular weight excluding hydrogens is 314 g/mol. The number of hydrogen-bond acceptors (Lipinski definition) is 4. The first kappa shape index (κ1) is 17.1. The minimum Gasteiger partial charge on any atom is -0.508 e. The first-order valence-corrected chi connectivity index (χ1v) is 9.68. The van der Waals surface area contributed by atoms with Crippen molar-refractivity contribution in [2.75, 3.05) is 19.6 Å². The molecule has 2 fully saturated rings. The number of fused-ring (bicyclic) bond motifs is 2. The van der Waals surface area contributed by atoms with Crippen LogP contribution in [0.15, 0.2) is 36.4 Å². The lowest BCUT2D eigenvalue weighted by molar-refractivity contribution is -0.0917. The van der Waals surface area contributed by atoms with Crippen LogP contribution in [-0.2, 0) is 5.60 Å². The number of aliphatic hydroxyl groups excluding tert-OH is 1. The Balaban J connectivity index is 1.60. The predicted octanol–water partition coefficient (Wildman–Crippen LogP) is 2.64. The zero-order valence-electron chi connectivity index (χ0n) is 14.7. The third kappa shape index (κ3) is 3.12. The van der Waals surface area contributed by atoms with Gasteiger partial charge in [0.2, 0.25) is 0 Å². The highest BCUT2D eigenvalue weighted by molar-refractivity contribution is 5.33. The van der Waals surface area contributed by atoms with Crippen LogP contribution in [-0.4, -0.2) is 46.0 Å². The smallest absolute Gasteiger partial charge is 0.115 e. The number of aliphatic hydroxyl groups is 2. The molecule has 25 heavy (non-hydrogen) atoms. The van der Waals surface area contributed by atoms with Gasteiger partial charge < -0.3 is 20.2 Å². The van der Waals surface area contributed by atoms with Crippen LogP contribution in [0.2, 0.25) is 0 Å². The molecule has 1 saturated heterocycles. The molecular formula is C21H29NO3. The van der Waals surface area contributed by atoms with Gasteiger partial charge in [0.25, 0.3) is 0 Å². The molecule has 0 spiro atoms. The monoisotopic (exact) mass is 343 g/mol. The van der Waals surface area contributed by atoms with E-state index in [4.69, 9.17) is 0 Å². The Labute approximate surface area is 149 Å². The number of phenolic OH excluding ortho intramolecular Hbond substituents is 1. The molecule has 0 aromatic heterocycles. The summed E-state index contributed by atoms with van der Waals surface area (Å²) < 4.78 is 0. The second-order valence-corrected chi connectivity index (χ2v) is 8.09. The summed E-state index contributed by atoms with van der Waals surface area (Å²) in [5.41, 5.74) is -0.248. The second kappa shape index (κ2) is 6.75. The van der Waals surface area contributed by atoms with Gasteiger partial charge in [0.15, 0.2) is 0 Å². The Morgan fingerprint density at radius 3 is 2.32 bits per heavy atom. The lowest BCUT2D eigenvalue weighted by Crippen LogP contribution is -2.46. The highest BCUT2D eigenvalue weighted by atomic mass is 16.3. The Hall–Kier alpha value is -1.36. The Bertz CT molecular complexity index is 623. The van der Waals surface area contributed by atoms with Crippen molar-refractivity contribution in [2.24, 2.45) is 17.8 Å². The Morgan fingerprint density at radius 1 is 1.00 bits per heavy atom. The SMILES string of the molecule is Oc1ccc(C(O)(CCN2CCCCC2)C2C3C=CC(C3)C2O)cc1. The van der Waals surface area contributed by atoms with Crippen molar-refractivity contribution < 1.29 is 15.3 Å². The van der Waals surface area contributed by atoms with E-state index in [0.29, 0.717) is 6.42 Å². The second-order valence-electron chi connectivity index (χ2n) is 8.09. The number of piperidine rings is 1. The molecule has 4 rings (SSSR count). The minimum absolute atomic E-state index is 0.170. The summed E-state index contributed by atoms with van der Waals surface area (Å²) in [6.07, 6.45) is 9.12. The molecule has 2 aliphatic carbocycles. The lowest BCUT2D eigenvalue weighted by Gasteiger charge is -2.42. The number of rotatable bonds is 5. The largest absolute Gasteiger partial charge is 0.508 e. The van der Waals surface area contributed by atoms with Crippen LogP contribution in [0.1, 0.15) is 37.7 Å². The van der Waals surface area contributed by atoms with E-state index >= 15 is 0 Å². The van der Waals surface area contributed by atoms with Gasteiger partial charge in [-0.15, -0.1) is 0 Å². The van der Waals surface area contributed by atoms with E-state index in [-0.39, 0.29) is 23.5 Å².